The van der Waals surface area contributed by atoms with Gasteiger partial charge in [-0.2, -0.15) is 0 Å². The van der Waals surface area contributed by atoms with E-state index in [0.717, 1.165) is 11.5 Å². The number of aliphatic imine (C=N–C) groups is 1. The number of hydrogen-bond donors (Lipinski definition) is 0. The van der Waals surface area contributed by atoms with Crippen molar-refractivity contribution in [3.63, 3.8) is 0 Å². The minimum Gasteiger partial charge on any atom is -0.457 e. The van der Waals surface area contributed by atoms with E-state index in [2.05, 4.69) is 30.3 Å². The molecule has 0 radical (unpaired) electrons. The van der Waals surface area contributed by atoms with Gasteiger partial charge in [0.1, 0.15) is 0 Å². The largest absolute Gasteiger partial charge is 0.457 e. The lowest BCUT2D eigenvalue weighted by molar-refractivity contribution is 0.0712. The van der Waals surface area contributed by atoms with Crippen LogP contribution in [0.2, 0.25) is 0 Å². The Morgan fingerprint density at radius 1 is 0.217 bits per heavy atom. The average Bonchev–Trinajstić information content (AvgIpc) is 4.23. The van der Waals surface area contributed by atoms with Gasteiger partial charge in [-0.05, 0) is 303 Å². The highest BCUT2D eigenvalue weighted by atomic mass is 16.5. The van der Waals surface area contributed by atoms with Crippen molar-refractivity contribution in [2.24, 2.45) is 4.99 Å². The summed E-state index contributed by atoms with van der Waals surface area (Å²) in [6.45, 7) is 0. The molecular formula is C67H5NO. The molecule has 34 rings (SSSR count). The standard InChI is InChI=1S/C67H5NO/c1-2-4-6(5-3-1)65-68-66-61-53-45-35-25-17-9-7-8-11-15-13(9)21-29-23(15)33-27-19(11)20-12(8)16-14-10(7)18(17)26-32-22(14)30-24(16)34-28(20)38-37(27)49-43(33)51-41(29)47(39(45)31(21)25)55(61)57(51)63-59(49)60-50(38)44(34)52-42(30)48-40(32)46(36(26)35)54(53)62(66)56(48)58(52)64(60)67(63,66)69-65/h1-5H. The van der Waals surface area contributed by atoms with Gasteiger partial charge >= 0.3 is 0 Å². The van der Waals surface area contributed by atoms with E-state index in [1.54, 1.807) is 291 Å². The van der Waals surface area contributed by atoms with Crippen LogP contribution in [0, 0.1) is 0 Å². The van der Waals surface area contributed by atoms with Crippen molar-refractivity contribution in [1.82, 2.24) is 0 Å². The van der Waals surface area contributed by atoms with Crippen LogP contribution in [0.15, 0.2) is 35.3 Å². The first-order valence-corrected chi connectivity index (χ1v) is 25.5. The summed E-state index contributed by atoms with van der Waals surface area (Å²) >= 11 is 0. The van der Waals surface area contributed by atoms with Crippen molar-refractivity contribution in [3.05, 3.63) is 58.1 Å². The number of benzene rings is 19. The lowest BCUT2D eigenvalue weighted by atomic mass is 9.60. The summed E-state index contributed by atoms with van der Waals surface area (Å²) < 4.78 is 8.48. The summed E-state index contributed by atoms with van der Waals surface area (Å²) in [4.78, 5) is 6.55. The fourth-order valence-corrected chi connectivity index (χ4v) is 24.5. The third kappa shape index (κ3) is 1.30. The lowest BCUT2D eigenvalue weighted by Crippen LogP contribution is -2.49. The third-order valence-corrected chi connectivity index (χ3v) is 24.7. The molecule has 2 spiro atoms. The van der Waals surface area contributed by atoms with Gasteiger partial charge < -0.3 is 4.74 Å². The molecular weight excluding hydrogens is 835 g/mol. The third-order valence-electron chi connectivity index (χ3n) is 24.7. The summed E-state index contributed by atoms with van der Waals surface area (Å²) in [7, 11) is 0. The summed E-state index contributed by atoms with van der Waals surface area (Å²) in [5, 5.41) is 86.5. The van der Waals surface area contributed by atoms with Crippen LogP contribution in [0.1, 0.15) is 27.8 Å². The summed E-state index contributed by atoms with van der Waals surface area (Å²) in [6, 6.07) is 11.1. The van der Waals surface area contributed by atoms with Crippen molar-refractivity contribution >= 4 is 297 Å². The van der Waals surface area contributed by atoms with E-state index in [1.165, 1.54) is 22.3 Å². The Kier molecular flexibility index (Phi) is 1.99. The van der Waals surface area contributed by atoms with Crippen molar-refractivity contribution in [3.8, 4) is 0 Å². The molecule has 0 bridgehead atoms. The molecule has 0 saturated carbocycles. The van der Waals surface area contributed by atoms with Gasteiger partial charge in [0.25, 0.3) is 0 Å². The second-order valence-corrected chi connectivity index (χ2v) is 25.0. The first kappa shape index (κ1) is 24.8. The Morgan fingerprint density at radius 3 is 0.623 bits per heavy atom. The van der Waals surface area contributed by atoms with Crippen molar-refractivity contribution in [2.45, 2.75) is 11.1 Å². The quantitative estimate of drug-likeness (QED) is 0.151. The fraction of sp³-hybridized carbons (Fsp3) is 0.0299. The van der Waals surface area contributed by atoms with Gasteiger partial charge in [0.2, 0.25) is 5.90 Å². The molecule has 2 heteroatoms. The van der Waals surface area contributed by atoms with E-state index >= 15 is 0 Å². The second kappa shape index (κ2) is 5.53. The van der Waals surface area contributed by atoms with Crippen molar-refractivity contribution in [1.29, 1.82) is 0 Å². The van der Waals surface area contributed by atoms with Crippen LogP contribution in [0.3, 0.4) is 0 Å². The van der Waals surface area contributed by atoms with Crippen LogP contribution in [0.5, 0.6) is 0 Å². The van der Waals surface area contributed by atoms with Crippen molar-refractivity contribution < 1.29 is 4.74 Å². The number of rotatable bonds is 1. The molecule has 29 aromatic carbocycles. The van der Waals surface area contributed by atoms with E-state index in [-0.39, 0.29) is 0 Å². The maximum Gasteiger partial charge on any atom is 0.218 e. The number of ether oxygens (including phenoxy) is 1. The topological polar surface area (TPSA) is 21.6 Å². The molecule has 29 aromatic rings. The Labute approximate surface area is 373 Å². The molecule has 0 atom stereocenters. The predicted molar refractivity (Wildman–Crippen MR) is 288 cm³/mol. The SMILES string of the molecule is c1ccc(C2=NC34c5c6c7c8c9c%10c(c%11c%12c3c3c5c5c%13c6c6c7c7c9c9c%14c%10c%10c%11c%11c%12c%12c3c3c5c5c%13c%13c6c6c7c9c7c9c%14c%10c%10c%11c%11c%12c3c3c5c5c%13c6c7c6c9c%10c%11c3c56)C84O2)cc1. The Hall–Kier alpha value is -8.85. The highest BCUT2D eigenvalue weighted by Crippen LogP contribution is 2.85. The fourth-order valence-electron chi connectivity index (χ4n) is 24.5. The summed E-state index contributed by atoms with van der Waals surface area (Å²) in [5.41, 5.74) is 5.53. The zero-order valence-corrected chi connectivity index (χ0v) is 34.7. The highest BCUT2D eigenvalue weighted by Gasteiger charge is 2.74. The smallest absolute Gasteiger partial charge is 0.218 e. The molecule has 69 heavy (non-hydrogen) atoms. The molecule has 4 aliphatic carbocycles. The normalized spacial score (nSPS) is 22.5. The Balaban J connectivity index is 1.19. The minimum atomic E-state index is -0.830. The maximum absolute atomic E-state index is 8.48. The average molecular weight is 840 g/mol. The lowest BCUT2D eigenvalue weighted by Gasteiger charge is -2.46. The van der Waals surface area contributed by atoms with Crippen LogP contribution < -0.4 is 0 Å². The number of hydrogen-bond acceptors (Lipinski definition) is 2. The molecule has 1 aliphatic heterocycles. The monoisotopic (exact) mass is 839 g/mol. The van der Waals surface area contributed by atoms with Crippen LogP contribution in [-0.2, 0) is 15.9 Å². The van der Waals surface area contributed by atoms with Gasteiger partial charge in [-0.3, -0.25) is 0 Å². The molecule has 284 valence electrons. The zero-order valence-electron chi connectivity index (χ0n) is 34.7. The number of nitrogens with zero attached hydrogens (tertiary/aromatic N) is 1. The first-order valence-electron chi connectivity index (χ1n) is 25.5. The van der Waals surface area contributed by atoms with Gasteiger partial charge in [0.15, 0.2) is 11.1 Å². The van der Waals surface area contributed by atoms with Crippen LogP contribution in [0.4, 0.5) is 0 Å². The van der Waals surface area contributed by atoms with E-state index in [4.69, 9.17) is 9.73 Å². The Bertz CT molecular complexity index is 7210. The van der Waals surface area contributed by atoms with Gasteiger partial charge in [-0.15, -0.1) is 0 Å². The molecule has 0 fully saturated rings. The van der Waals surface area contributed by atoms with Gasteiger partial charge in [0.05, 0.1) is 0 Å². The van der Waals surface area contributed by atoms with Crippen LogP contribution >= 0.6 is 0 Å². The first-order chi connectivity index (χ1) is 34.4. The van der Waals surface area contributed by atoms with Gasteiger partial charge in [-0.1, -0.05) is 18.2 Å². The maximum atomic E-state index is 8.48. The van der Waals surface area contributed by atoms with E-state index in [9.17, 15) is 0 Å². The van der Waals surface area contributed by atoms with Crippen LogP contribution in [-0.4, -0.2) is 5.90 Å². The molecule has 0 amide bonds. The van der Waals surface area contributed by atoms with Crippen LogP contribution in [0.25, 0.3) is 291 Å². The molecule has 0 N–H and O–H groups in total. The molecule has 0 aromatic heterocycles. The highest BCUT2D eigenvalue weighted by molar-refractivity contribution is 6.82. The van der Waals surface area contributed by atoms with E-state index in [1.807, 2.05) is 0 Å². The van der Waals surface area contributed by atoms with Gasteiger partial charge in [0, 0.05) is 27.8 Å². The molecule has 2 nitrogen and oxygen atoms in total. The molecule has 1 heterocycles. The Morgan fingerprint density at radius 2 is 0.406 bits per heavy atom. The predicted octanol–water partition coefficient (Wildman–Crippen LogP) is 17.7. The molecule has 0 unspecified atom stereocenters. The minimum absolute atomic E-state index is 0.760. The van der Waals surface area contributed by atoms with Gasteiger partial charge in [-0.25, -0.2) is 4.99 Å². The van der Waals surface area contributed by atoms with Crippen molar-refractivity contribution in [2.75, 3.05) is 0 Å². The molecule has 5 aliphatic rings. The second-order valence-electron chi connectivity index (χ2n) is 25.0. The zero-order chi connectivity index (χ0) is 40.6. The summed E-state index contributed by atoms with van der Waals surface area (Å²) in [6.07, 6.45) is 0. The van der Waals surface area contributed by atoms with E-state index in [0.29, 0.717) is 0 Å². The summed E-state index contributed by atoms with van der Waals surface area (Å²) in [5.74, 6) is 0.839. The molecule has 0 saturated heterocycles. The van der Waals surface area contributed by atoms with E-state index < -0.39 is 11.1 Å².